The fourth-order valence-electron chi connectivity index (χ4n) is 1.48. The number of ether oxygens (including phenoxy) is 1. The molecule has 98 valence electrons. The topological polar surface area (TPSA) is 81.5 Å². The van der Waals surface area contributed by atoms with Gasteiger partial charge in [-0.2, -0.15) is 0 Å². The van der Waals surface area contributed by atoms with E-state index in [1.807, 2.05) is 20.8 Å². The molecule has 1 aromatic rings. The predicted molar refractivity (Wildman–Crippen MR) is 67.8 cm³/mol. The molecule has 0 unspecified atom stereocenters. The van der Waals surface area contributed by atoms with Crippen LogP contribution < -0.4 is 5.32 Å². The Balaban J connectivity index is 3.21. The number of benzene rings is 1. The summed E-state index contributed by atoms with van der Waals surface area (Å²) in [6, 6.07) is 4.28. The monoisotopic (exact) mass is 252 g/mol. The highest BCUT2D eigenvalue weighted by atomic mass is 16.6. The molecule has 0 radical (unpaired) electrons. The second-order valence-corrected chi connectivity index (χ2v) is 4.86. The Kier molecular flexibility index (Phi) is 3.90. The van der Waals surface area contributed by atoms with Gasteiger partial charge in [0.2, 0.25) is 0 Å². The zero-order chi connectivity index (χ0) is 13.9. The summed E-state index contributed by atoms with van der Waals surface area (Å²) in [5, 5.41) is 14.0. The van der Waals surface area contributed by atoms with E-state index in [-0.39, 0.29) is 16.8 Å². The van der Waals surface area contributed by atoms with Gasteiger partial charge in [-0.25, -0.2) is 4.79 Å². The lowest BCUT2D eigenvalue weighted by molar-refractivity contribution is -0.385. The first kappa shape index (κ1) is 14.0. The molecule has 0 atom stereocenters. The van der Waals surface area contributed by atoms with Gasteiger partial charge >= 0.3 is 5.97 Å². The van der Waals surface area contributed by atoms with Gasteiger partial charge in [-0.1, -0.05) is 0 Å². The number of carbonyl (C=O) groups is 1. The smallest absolute Gasteiger partial charge is 0.344 e. The number of carbonyl (C=O) groups excluding carboxylic acids is 1. The molecule has 6 heteroatoms. The van der Waals surface area contributed by atoms with E-state index in [1.165, 1.54) is 19.2 Å². The van der Waals surface area contributed by atoms with Crippen LogP contribution in [0.1, 0.15) is 31.1 Å². The summed E-state index contributed by atoms with van der Waals surface area (Å²) in [7, 11) is 1.19. The number of hydrogen-bond donors (Lipinski definition) is 1. The van der Waals surface area contributed by atoms with Gasteiger partial charge in [0.1, 0.15) is 5.56 Å². The Morgan fingerprint density at radius 3 is 2.44 bits per heavy atom. The van der Waals surface area contributed by atoms with Gasteiger partial charge in [0.15, 0.2) is 0 Å². The first-order valence-electron chi connectivity index (χ1n) is 5.39. The number of rotatable bonds is 3. The summed E-state index contributed by atoms with van der Waals surface area (Å²) in [6.45, 7) is 5.85. The Bertz CT molecular complexity index is 477. The number of nitrogens with zero attached hydrogens (tertiary/aromatic N) is 1. The van der Waals surface area contributed by atoms with Crippen LogP contribution in [-0.4, -0.2) is 23.5 Å². The van der Waals surface area contributed by atoms with Crippen LogP contribution in [-0.2, 0) is 4.74 Å². The lowest BCUT2D eigenvalue weighted by atomic mass is 10.1. The van der Waals surface area contributed by atoms with Crippen molar-refractivity contribution in [3.8, 4) is 0 Å². The third-order valence-corrected chi connectivity index (χ3v) is 2.12. The van der Waals surface area contributed by atoms with Crippen molar-refractivity contribution in [3.63, 3.8) is 0 Å². The standard InChI is InChI=1S/C12H16N2O4/c1-12(2,3)13-8-5-6-10(14(16)17)9(7-8)11(15)18-4/h5-7,13H,1-4H3. The summed E-state index contributed by atoms with van der Waals surface area (Å²) >= 11 is 0. The van der Waals surface area contributed by atoms with E-state index in [1.54, 1.807) is 6.07 Å². The van der Waals surface area contributed by atoms with Crippen LogP contribution >= 0.6 is 0 Å². The summed E-state index contributed by atoms with van der Waals surface area (Å²) < 4.78 is 4.54. The summed E-state index contributed by atoms with van der Waals surface area (Å²) in [6.07, 6.45) is 0. The normalized spacial score (nSPS) is 10.9. The van der Waals surface area contributed by atoms with Gasteiger partial charge in [0.05, 0.1) is 12.0 Å². The Hall–Kier alpha value is -2.11. The maximum atomic E-state index is 11.5. The molecular weight excluding hydrogens is 236 g/mol. The third-order valence-electron chi connectivity index (χ3n) is 2.12. The van der Waals surface area contributed by atoms with Crippen molar-refractivity contribution in [1.82, 2.24) is 0 Å². The van der Waals surface area contributed by atoms with Crippen molar-refractivity contribution >= 4 is 17.3 Å². The summed E-state index contributed by atoms with van der Waals surface area (Å²) in [5.41, 5.74) is 0.107. The fourth-order valence-corrected chi connectivity index (χ4v) is 1.48. The minimum absolute atomic E-state index is 0.0586. The molecule has 1 N–H and O–H groups in total. The summed E-state index contributed by atoms with van der Waals surface area (Å²) in [4.78, 5) is 21.7. The number of anilines is 1. The van der Waals surface area contributed by atoms with Crippen molar-refractivity contribution in [3.05, 3.63) is 33.9 Å². The van der Waals surface area contributed by atoms with Gasteiger partial charge < -0.3 is 10.1 Å². The molecule has 0 heterocycles. The second-order valence-electron chi connectivity index (χ2n) is 4.86. The number of hydrogen-bond acceptors (Lipinski definition) is 5. The minimum atomic E-state index is -0.723. The number of methoxy groups -OCH3 is 1. The van der Waals surface area contributed by atoms with Crippen molar-refractivity contribution in [2.45, 2.75) is 26.3 Å². The molecule has 6 nitrogen and oxygen atoms in total. The Morgan fingerprint density at radius 2 is 2.00 bits per heavy atom. The minimum Gasteiger partial charge on any atom is -0.465 e. The van der Waals surface area contributed by atoms with E-state index in [9.17, 15) is 14.9 Å². The molecule has 0 fully saturated rings. The first-order chi connectivity index (χ1) is 8.24. The average molecular weight is 252 g/mol. The van der Waals surface area contributed by atoms with Crippen LogP contribution in [0.3, 0.4) is 0 Å². The molecule has 0 spiro atoms. The second kappa shape index (κ2) is 5.03. The molecule has 0 aliphatic heterocycles. The maximum Gasteiger partial charge on any atom is 0.344 e. The molecule has 0 saturated carbocycles. The lowest BCUT2D eigenvalue weighted by Crippen LogP contribution is -2.26. The quantitative estimate of drug-likeness (QED) is 0.508. The highest BCUT2D eigenvalue weighted by Gasteiger charge is 2.22. The van der Waals surface area contributed by atoms with Crippen molar-refractivity contribution in [2.24, 2.45) is 0 Å². The van der Waals surface area contributed by atoms with Crippen LogP contribution in [0.2, 0.25) is 0 Å². The van der Waals surface area contributed by atoms with Gasteiger partial charge in [0, 0.05) is 17.3 Å². The van der Waals surface area contributed by atoms with E-state index in [2.05, 4.69) is 10.1 Å². The molecule has 0 bridgehead atoms. The number of nitro groups is 1. The average Bonchev–Trinajstić information content (AvgIpc) is 2.25. The third kappa shape index (κ3) is 3.44. The molecule has 0 aliphatic carbocycles. The van der Waals surface area contributed by atoms with Crippen LogP contribution in [0, 0.1) is 10.1 Å². The fraction of sp³-hybridized carbons (Fsp3) is 0.417. The van der Waals surface area contributed by atoms with Gasteiger partial charge in [-0.3, -0.25) is 10.1 Å². The van der Waals surface area contributed by atoms with E-state index >= 15 is 0 Å². The molecule has 0 aromatic heterocycles. The van der Waals surface area contributed by atoms with Gasteiger partial charge in [0.25, 0.3) is 5.69 Å². The van der Waals surface area contributed by atoms with Gasteiger partial charge in [-0.05, 0) is 32.9 Å². The molecule has 0 saturated heterocycles. The molecule has 0 aliphatic rings. The summed E-state index contributed by atoms with van der Waals surface area (Å²) in [5.74, 6) is -0.723. The number of esters is 1. The zero-order valence-corrected chi connectivity index (χ0v) is 10.8. The largest absolute Gasteiger partial charge is 0.465 e. The molecule has 0 amide bonds. The number of nitrogens with one attached hydrogen (secondary N) is 1. The van der Waals surface area contributed by atoms with Crippen LogP contribution in [0.5, 0.6) is 0 Å². The molecule has 18 heavy (non-hydrogen) atoms. The highest BCUT2D eigenvalue weighted by Crippen LogP contribution is 2.25. The highest BCUT2D eigenvalue weighted by molar-refractivity contribution is 5.95. The SMILES string of the molecule is COC(=O)c1cc(NC(C)(C)C)ccc1[N+](=O)[O-]. The Labute approximate surface area is 105 Å². The molecule has 1 rings (SSSR count). The molecular formula is C12H16N2O4. The Morgan fingerprint density at radius 1 is 1.39 bits per heavy atom. The van der Waals surface area contributed by atoms with Crippen molar-refractivity contribution in [1.29, 1.82) is 0 Å². The van der Waals surface area contributed by atoms with Crippen molar-refractivity contribution < 1.29 is 14.5 Å². The van der Waals surface area contributed by atoms with E-state index < -0.39 is 10.9 Å². The van der Waals surface area contributed by atoms with E-state index in [0.29, 0.717) is 5.69 Å². The number of nitro benzene ring substituents is 1. The van der Waals surface area contributed by atoms with E-state index in [0.717, 1.165) is 0 Å². The van der Waals surface area contributed by atoms with Crippen LogP contribution in [0.15, 0.2) is 18.2 Å². The van der Waals surface area contributed by atoms with Gasteiger partial charge in [-0.15, -0.1) is 0 Å². The van der Waals surface area contributed by atoms with Crippen LogP contribution in [0.25, 0.3) is 0 Å². The van der Waals surface area contributed by atoms with E-state index in [4.69, 9.17) is 0 Å². The van der Waals surface area contributed by atoms with Crippen molar-refractivity contribution in [2.75, 3.05) is 12.4 Å². The lowest BCUT2D eigenvalue weighted by Gasteiger charge is -2.22. The zero-order valence-electron chi connectivity index (χ0n) is 10.8. The van der Waals surface area contributed by atoms with Crippen LogP contribution in [0.4, 0.5) is 11.4 Å². The molecule has 1 aromatic carbocycles. The maximum absolute atomic E-state index is 11.5. The predicted octanol–water partition coefficient (Wildman–Crippen LogP) is 2.59. The first-order valence-corrected chi connectivity index (χ1v) is 5.39.